The van der Waals surface area contributed by atoms with Crippen molar-refractivity contribution in [3.8, 4) is 0 Å². The second-order valence-electron chi connectivity index (χ2n) is 3.91. The lowest BCUT2D eigenvalue weighted by Gasteiger charge is -2.14. The molecule has 0 spiro atoms. The first-order valence-electron chi connectivity index (χ1n) is 5.12. The molecule has 1 aliphatic rings. The van der Waals surface area contributed by atoms with E-state index in [0.717, 1.165) is 25.2 Å². The molecule has 0 aliphatic heterocycles. The minimum atomic E-state index is -0.166. The summed E-state index contributed by atoms with van der Waals surface area (Å²) in [6.07, 6.45) is 7.60. The van der Waals surface area contributed by atoms with Crippen LogP contribution in [0.5, 0.6) is 0 Å². The Kier molecular flexibility index (Phi) is 4.62. The van der Waals surface area contributed by atoms with Crippen LogP contribution in [-0.2, 0) is 0 Å². The maximum absolute atomic E-state index is 9.53. The van der Waals surface area contributed by atoms with Crippen LogP contribution in [0.3, 0.4) is 0 Å². The summed E-state index contributed by atoms with van der Waals surface area (Å²) in [5.41, 5.74) is 0. The van der Waals surface area contributed by atoms with E-state index in [9.17, 15) is 5.11 Å². The molecule has 0 bridgehead atoms. The summed E-state index contributed by atoms with van der Waals surface area (Å²) < 4.78 is 0. The highest BCUT2D eigenvalue weighted by Crippen LogP contribution is 2.29. The molecule has 0 aromatic carbocycles. The fourth-order valence-corrected chi connectivity index (χ4v) is 2.08. The molecule has 0 amide bonds. The summed E-state index contributed by atoms with van der Waals surface area (Å²) in [4.78, 5) is 0. The monoisotopic (exact) mass is 172 g/mol. The van der Waals surface area contributed by atoms with Crippen molar-refractivity contribution < 1.29 is 10.2 Å². The normalized spacial score (nSPS) is 21.5. The van der Waals surface area contributed by atoms with Gasteiger partial charge in [-0.25, -0.2) is 0 Å². The standard InChI is InChI=1S/C10H20O2/c11-7-3-6-10(12)8-9-4-1-2-5-9/h9-12H,1-8H2. The maximum atomic E-state index is 9.53. The predicted octanol–water partition coefficient (Wildman–Crippen LogP) is 1.70. The predicted molar refractivity (Wildman–Crippen MR) is 48.9 cm³/mol. The third kappa shape index (κ3) is 3.55. The number of aliphatic hydroxyl groups is 2. The third-order valence-corrected chi connectivity index (χ3v) is 2.78. The summed E-state index contributed by atoms with van der Waals surface area (Å²) in [5.74, 6) is 0.763. The van der Waals surface area contributed by atoms with E-state index in [1.807, 2.05) is 0 Å². The zero-order valence-electron chi connectivity index (χ0n) is 7.71. The van der Waals surface area contributed by atoms with E-state index in [1.54, 1.807) is 0 Å². The number of rotatable bonds is 5. The molecule has 1 saturated carbocycles. The quantitative estimate of drug-likeness (QED) is 0.662. The fourth-order valence-electron chi connectivity index (χ4n) is 2.08. The molecule has 1 rings (SSSR count). The van der Waals surface area contributed by atoms with Crippen LogP contribution in [0, 0.1) is 5.92 Å². The van der Waals surface area contributed by atoms with Gasteiger partial charge >= 0.3 is 0 Å². The molecule has 72 valence electrons. The Morgan fingerprint density at radius 2 is 1.92 bits per heavy atom. The summed E-state index contributed by atoms with van der Waals surface area (Å²) in [5, 5.41) is 18.1. The largest absolute Gasteiger partial charge is 0.396 e. The zero-order valence-corrected chi connectivity index (χ0v) is 7.71. The van der Waals surface area contributed by atoms with Gasteiger partial charge in [-0.1, -0.05) is 25.7 Å². The van der Waals surface area contributed by atoms with Gasteiger partial charge in [0.05, 0.1) is 6.10 Å². The average molecular weight is 172 g/mol. The van der Waals surface area contributed by atoms with Gasteiger partial charge in [0, 0.05) is 6.61 Å². The van der Waals surface area contributed by atoms with Crippen LogP contribution in [-0.4, -0.2) is 22.9 Å². The van der Waals surface area contributed by atoms with Gasteiger partial charge in [-0.3, -0.25) is 0 Å². The van der Waals surface area contributed by atoms with Crippen LogP contribution in [0.4, 0.5) is 0 Å². The second-order valence-corrected chi connectivity index (χ2v) is 3.91. The molecular weight excluding hydrogens is 152 g/mol. The molecule has 0 radical (unpaired) electrons. The van der Waals surface area contributed by atoms with Crippen molar-refractivity contribution >= 4 is 0 Å². The number of aliphatic hydroxyl groups excluding tert-OH is 2. The summed E-state index contributed by atoms with van der Waals surface area (Å²) >= 11 is 0. The molecule has 0 aromatic heterocycles. The average Bonchev–Trinajstić information content (AvgIpc) is 2.53. The lowest BCUT2D eigenvalue weighted by atomic mass is 9.98. The number of hydrogen-bond donors (Lipinski definition) is 2. The van der Waals surface area contributed by atoms with E-state index in [4.69, 9.17) is 5.11 Å². The van der Waals surface area contributed by atoms with Gasteiger partial charge in [0.2, 0.25) is 0 Å². The Balaban J connectivity index is 2.03. The van der Waals surface area contributed by atoms with E-state index in [2.05, 4.69) is 0 Å². The maximum Gasteiger partial charge on any atom is 0.0543 e. The summed E-state index contributed by atoms with van der Waals surface area (Å²) in [6, 6.07) is 0. The van der Waals surface area contributed by atoms with E-state index >= 15 is 0 Å². The van der Waals surface area contributed by atoms with Crippen LogP contribution in [0.25, 0.3) is 0 Å². The minimum absolute atomic E-state index is 0.166. The first-order valence-corrected chi connectivity index (χ1v) is 5.12. The van der Waals surface area contributed by atoms with Crippen LogP contribution >= 0.6 is 0 Å². The van der Waals surface area contributed by atoms with Gasteiger partial charge in [0.15, 0.2) is 0 Å². The molecule has 0 saturated heterocycles. The van der Waals surface area contributed by atoms with Crippen molar-refractivity contribution in [2.45, 2.75) is 51.0 Å². The Morgan fingerprint density at radius 3 is 2.50 bits per heavy atom. The molecule has 1 aliphatic carbocycles. The topological polar surface area (TPSA) is 40.5 Å². The molecule has 2 N–H and O–H groups in total. The Hall–Kier alpha value is -0.0800. The van der Waals surface area contributed by atoms with Crippen LogP contribution in [0.2, 0.25) is 0 Å². The molecule has 2 heteroatoms. The van der Waals surface area contributed by atoms with Gasteiger partial charge < -0.3 is 10.2 Å². The van der Waals surface area contributed by atoms with Crippen LogP contribution in [0.1, 0.15) is 44.9 Å². The van der Waals surface area contributed by atoms with Crippen molar-refractivity contribution in [2.24, 2.45) is 5.92 Å². The molecule has 1 atom stereocenters. The molecule has 1 unspecified atom stereocenters. The van der Waals surface area contributed by atoms with E-state index in [-0.39, 0.29) is 12.7 Å². The highest BCUT2D eigenvalue weighted by Gasteiger charge is 2.18. The van der Waals surface area contributed by atoms with Gasteiger partial charge in [0.1, 0.15) is 0 Å². The minimum Gasteiger partial charge on any atom is -0.396 e. The smallest absolute Gasteiger partial charge is 0.0543 e. The fraction of sp³-hybridized carbons (Fsp3) is 1.00. The molecule has 0 aromatic rings. The first-order chi connectivity index (χ1) is 5.83. The van der Waals surface area contributed by atoms with E-state index < -0.39 is 0 Å². The molecule has 12 heavy (non-hydrogen) atoms. The molecular formula is C10H20O2. The Bertz CT molecular complexity index is 108. The summed E-state index contributed by atoms with van der Waals surface area (Å²) in [6.45, 7) is 0.210. The van der Waals surface area contributed by atoms with Crippen molar-refractivity contribution in [1.29, 1.82) is 0 Å². The van der Waals surface area contributed by atoms with Crippen molar-refractivity contribution in [2.75, 3.05) is 6.61 Å². The second kappa shape index (κ2) is 5.55. The first kappa shape index (κ1) is 10.0. The van der Waals surface area contributed by atoms with Crippen molar-refractivity contribution in [1.82, 2.24) is 0 Å². The molecule has 2 nitrogen and oxygen atoms in total. The van der Waals surface area contributed by atoms with E-state index in [0.29, 0.717) is 0 Å². The van der Waals surface area contributed by atoms with Crippen LogP contribution < -0.4 is 0 Å². The SMILES string of the molecule is OCCCC(O)CC1CCCC1. The van der Waals surface area contributed by atoms with Gasteiger partial charge in [-0.05, 0) is 25.2 Å². The highest BCUT2D eigenvalue weighted by molar-refractivity contribution is 4.70. The van der Waals surface area contributed by atoms with E-state index in [1.165, 1.54) is 25.7 Å². The van der Waals surface area contributed by atoms with Crippen LogP contribution in [0.15, 0.2) is 0 Å². The van der Waals surface area contributed by atoms with Gasteiger partial charge in [0.25, 0.3) is 0 Å². The van der Waals surface area contributed by atoms with Gasteiger partial charge in [-0.15, -0.1) is 0 Å². The third-order valence-electron chi connectivity index (χ3n) is 2.78. The van der Waals surface area contributed by atoms with Crippen molar-refractivity contribution in [3.05, 3.63) is 0 Å². The lowest BCUT2D eigenvalue weighted by molar-refractivity contribution is 0.123. The molecule has 1 fully saturated rings. The Morgan fingerprint density at radius 1 is 1.25 bits per heavy atom. The lowest BCUT2D eigenvalue weighted by Crippen LogP contribution is -2.12. The van der Waals surface area contributed by atoms with Crippen molar-refractivity contribution in [3.63, 3.8) is 0 Å². The number of hydrogen-bond acceptors (Lipinski definition) is 2. The highest BCUT2D eigenvalue weighted by atomic mass is 16.3. The molecule has 0 heterocycles. The summed E-state index contributed by atoms with van der Waals surface area (Å²) in [7, 11) is 0. The van der Waals surface area contributed by atoms with Gasteiger partial charge in [-0.2, -0.15) is 0 Å². The Labute approximate surface area is 74.6 Å². The zero-order chi connectivity index (χ0) is 8.81.